The maximum atomic E-state index is 13.0. The Morgan fingerprint density at radius 3 is 2.47 bits per heavy atom. The van der Waals surface area contributed by atoms with E-state index in [1.165, 1.54) is 15.4 Å². The molecule has 0 aromatic carbocycles. The minimum atomic E-state index is -4.66. The van der Waals surface area contributed by atoms with E-state index in [0.29, 0.717) is 11.6 Å². The first-order chi connectivity index (χ1) is 15.1. The predicted octanol–water partition coefficient (Wildman–Crippen LogP) is 3.85. The zero-order valence-electron chi connectivity index (χ0n) is 17.8. The van der Waals surface area contributed by atoms with E-state index in [1.807, 2.05) is 26.0 Å². The molecule has 170 valence electrons. The molecule has 0 N–H and O–H groups in total. The van der Waals surface area contributed by atoms with Gasteiger partial charge in [-0.3, -0.25) is 14.7 Å². The van der Waals surface area contributed by atoms with Crippen LogP contribution in [-0.4, -0.2) is 50.8 Å². The number of alkyl halides is 3. The fraction of sp³-hybridized carbons (Fsp3) is 0.500. The van der Waals surface area contributed by atoms with Gasteiger partial charge in [0.05, 0.1) is 37.1 Å². The molecule has 1 aliphatic heterocycles. The van der Waals surface area contributed by atoms with Crippen LogP contribution in [0, 0.1) is 5.92 Å². The van der Waals surface area contributed by atoms with Crippen LogP contribution in [0.1, 0.15) is 49.7 Å². The van der Waals surface area contributed by atoms with Gasteiger partial charge in [0.2, 0.25) is 5.82 Å². The first kappa shape index (κ1) is 22.2. The Morgan fingerprint density at radius 2 is 1.88 bits per heavy atom. The predicted molar refractivity (Wildman–Crippen MR) is 110 cm³/mol. The van der Waals surface area contributed by atoms with E-state index in [-0.39, 0.29) is 42.9 Å². The molecule has 0 unspecified atom stereocenters. The Labute approximate surface area is 183 Å². The zero-order chi connectivity index (χ0) is 23.0. The molecular formula is C22H24F3N5O2. The zero-order valence-corrected chi connectivity index (χ0v) is 17.8. The minimum Gasteiger partial charge on any atom is -0.312 e. The number of urea groups is 1. The number of ketones is 1. The number of Topliss-reactive ketones (excluding diaryl/α,β-unsaturated/α-hetero) is 1. The van der Waals surface area contributed by atoms with Gasteiger partial charge in [-0.05, 0) is 42.4 Å². The third-order valence-electron chi connectivity index (χ3n) is 5.83. The summed E-state index contributed by atoms with van der Waals surface area (Å²) < 4.78 is 38.2. The average Bonchev–Trinajstić information content (AvgIpc) is 3.53. The third-order valence-corrected chi connectivity index (χ3v) is 5.83. The lowest BCUT2D eigenvalue weighted by Gasteiger charge is -2.25. The smallest absolute Gasteiger partial charge is 0.312 e. The second kappa shape index (κ2) is 8.48. The standard InChI is InChI=1S/C22H24F3N5O2/c1-13(2)19-12-29(17-9-27-20(28-10-17)22(23,24)25)21(32)30(19)11-18(31)8-16-7-15(5-6-26-16)14-3-4-14/h5-7,9-10,13-14,19H,3-4,8,11-12H2,1-2H3/t19-/m1/s1. The monoisotopic (exact) mass is 447 g/mol. The summed E-state index contributed by atoms with van der Waals surface area (Å²) in [5, 5.41) is 0. The van der Waals surface area contributed by atoms with Crippen molar-refractivity contribution in [2.45, 2.75) is 51.2 Å². The van der Waals surface area contributed by atoms with Crippen LogP contribution in [0.4, 0.5) is 23.7 Å². The molecule has 2 fully saturated rings. The minimum absolute atomic E-state index is 0.0448. The third kappa shape index (κ3) is 4.73. The molecule has 1 aliphatic carbocycles. The Kier molecular flexibility index (Phi) is 5.87. The van der Waals surface area contributed by atoms with Crippen LogP contribution in [0.5, 0.6) is 0 Å². The van der Waals surface area contributed by atoms with Crippen LogP contribution in [0.25, 0.3) is 0 Å². The highest BCUT2D eigenvalue weighted by Gasteiger charge is 2.41. The van der Waals surface area contributed by atoms with Crippen molar-refractivity contribution in [3.05, 3.63) is 47.8 Å². The number of rotatable bonds is 7. The van der Waals surface area contributed by atoms with Gasteiger partial charge in [-0.25, -0.2) is 14.8 Å². The first-order valence-electron chi connectivity index (χ1n) is 10.6. The van der Waals surface area contributed by atoms with Crippen molar-refractivity contribution < 1.29 is 22.8 Å². The molecule has 1 saturated carbocycles. The van der Waals surface area contributed by atoms with E-state index in [2.05, 4.69) is 15.0 Å². The highest BCUT2D eigenvalue weighted by atomic mass is 19.4. The van der Waals surface area contributed by atoms with Crippen molar-refractivity contribution in [2.75, 3.05) is 18.0 Å². The van der Waals surface area contributed by atoms with Gasteiger partial charge < -0.3 is 4.90 Å². The topological polar surface area (TPSA) is 79.3 Å². The van der Waals surface area contributed by atoms with Crippen molar-refractivity contribution in [1.82, 2.24) is 19.9 Å². The van der Waals surface area contributed by atoms with Crippen molar-refractivity contribution in [3.8, 4) is 0 Å². The van der Waals surface area contributed by atoms with Gasteiger partial charge in [-0.1, -0.05) is 13.8 Å². The summed E-state index contributed by atoms with van der Waals surface area (Å²) in [5.74, 6) is -0.809. The van der Waals surface area contributed by atoms with Gasteiger partial charge in [-0.15, -0.1) is 0 Å². The molecule has 3 heterocycles. The largest absolute Gasteiger partial charge is 0.451 e. The molecule has 10 heteroatoms. The fourth-order valence-electron chi connectivity index (χ4n) is 3.95. The summed E-state index contributed by atoms with van der Waals surface area (Å²) in [7, 11) is 0. The Bertz CT molecular complexity index is 1010. The van der Waals surface area contributed by atoms with Gasteiger partial charge in [0.15, 0.2) is 5.78 Å². The highest BCUT2D eigenvalue weighted by molar-refractivity contribution is 5.97. The summed E-state index contributed by atoms with van der Waals surface area (Å²) in [6, 6.07) is 3.21. The molecule has 7 nitrogen and oxygen atoms in total. The lowest BCUT2D eigenvalue weighted by Crippen LogP contribution is -2.41. The number of pyridine rings is 1. The molecule has 2 aromatic heterocycles. The maximum absolute atomic E-state index is 13.0. The second-order valence-corrected chi connectivity index (χ2v) is 8.67. The van der Waals surface area contributed by atoms with E-state index in [4.69, 9.17) is 0 Å². The average molecular weight is 447 g/mol. The van der Waals surface area contributed by atoms with Gasteiger partial charge in [0.25, 0.3) is 0 Å². The summed E-state index contributed by atoms with van der Waals surface area (Å²) in [5.41, 5.74) is 2.04. The normalized spacial score (nSPS) is 19.2. The van der Waals surface area contributed by atoms with Crippen molar-refractivity contribution >= 4 is 17.5 Å². The Hall–Kier alpha value is -3.04. The summed E-state index contributed by atoms with van der Waals surface area (Å²) >= 11 is 0. The quantitative estimate of drug-likeness (QED) is 0.644. The SMILES string of the molecule is CC(C)[C@H]1CN(c2cnc(C(F)(F)F)nc2)C(=O)N1CC(=O)Cc1cc(C2CC2)ccn1. The summed E-state index contributed by atoms with van der Waals surface area (Å²) in [6.07, 6.45) is 1.46. The number of carbonyl (C=O) groups excluding carboxylic acids is 2. The van der Waals surface area contributed by atoms with Gasteiger partial charge >= 0.3 is 12.2 Å². The van der Waals surface area contributed by atoms with E-state index in [1.54, 1.807) is 6.20 Å². The highest BCUT2D eigenvalue weighted by Crippen LogP contribution is 2.40. The number of nitrogens with zero attached hydrogens (tertiary/aromatic N) is 5. The number of anilines is 1. The number of carbonyl (C=O) groups is 2. The van der Waals surface area contributed by atoms with E-state index in [9.17, 15) is 22.8 Å². The van der Waals surface area contributed by atoms with E-state index in [0.717, 1.165) is 25.2 Å². The van der Waals surface area contributed by atoms with Crippen LogP contribution in [0.3, 0.4) is 0 Å². The molecule has 0 spiro atoms. The number of hydrogen-bond donors (Lipinski definition) is 0. The molecule has 4 rings (SSSR count). The molecule has 2 aliphatic rings. The van der Waals surface area contributed by atoms with Crippen LogP contribution in [0.15, 0.2) is 30.7 Å². The van der Waals surface area contributed by atoms with Crippen molar-refractivity contribution in [1.29, 1.82) is 0 Å². The molecule has 0 bridgehead atoms. The Balaban J connectivity index is 1.47. The second-order valence-electron chi connectivity index (χ2n) is 8.67. The van der Waals surface area contributed by atoms with E-state index >= 15 is 0 Å². The number of amides is 2. The van der Waals surface area contributed by atoms with Crippen LogP contribution < -0.4 is 4.90 Å². The molecular weight excluding hydrogens is 423 g/mol. The summed E-state index contributed by atoms with van der Waals surface area (Å²) in [4.78, 5) is 39.6. The number of halogens is 3. The molecule has 2 aromatic rings. The van der Waals surface area contributed by atoms with Crippen molar-refractivity contribution in [3.63, 3.8) is 0 Å². The first-order valence-corrected chi connectivity index (χ1v) is 10.6. The lowest BCUT2D eigenvalue weighted by atomic mass is 10.0. The van der Waals surface area contributed by atoms with Crippen LogP contribution in [-0.2, 0) is 17.4 Å². The van der Waals surface area contributed by atoms with Crippen molar-refractivity contribution in [2.24, 2.45) is 5.92 Å². The molecule has 1 saturated heterocycles. The maximum Gasteiger partial charge on any atom is 0.451 e. The van der Waals surface area contributed by atoms with E-state index < -0.39 is 18.0 Å². The van der Waals surface area contributed by atoms with Gasteiger partial charge in [0, 0.05) is 18.4 Å². The van der Waals surface area contributed by atoms with Crippen LogP contribution in [0.2, 0.25) is 0 Å². The molecule has 32 heavy (non-hydrogen) atoms. The molecule has 2 amide bonds. The van der Waals surface area contributed by atoms with Crippen LogP contribution >= 0.6 is 0 Å². The lowest BCUT2D eigenvalue weighted by molar-refractivity contribution is -0.145. The fourth-order valence-corrected chi connectivity index (χ4v) is 3.95. The van der Waals surface area contributed by atoms with Gasteiger partial charge in [0.1, 0.15) is 0 Å². The Morgan fingerprint density at radius 1 is 1.19 bits per heavy atom. The molecule has 0 radical (unpaired) electrons. The summed E-state index contributed by atoms with van der Waals surface area (Å²) in [6.45, 7) is 4.02. The van der Waals surface area contributed by atoms with Gasteiger partial charge in [-0.2, -0.15) is 13.2 Å². The number of hydrogen-bond acceptors (Lipinski definition) is 5. The molecule has 1 atom stereocenters. The number of aromatic nitrogens is 3.